The topological polar surface area (TPSA) is 86.6 Å². The van der Waals surface area contributed by atoms with Crippen molar-refractivity contribution in [3.63, 3.8) is 0 Å². The van der Waals surface area contributed by atoms with E-state index < -0.39 is 18.0 Å². The van der Waals surface area contributed by atoms with E-state index in [2.05, 4.69) is 23.7 Å². The smallest absolute Gasteiger partial charge is 0.310 e. The first-order chi connectivity index (χ1) is 14.3. The molecule has 1 aromatic carbocycles. The van der Waals surface area contributed by atoms with Gasteiger partial charge in [0.1, 0.15) is 5.75 Å². The molecule has 1 atom stereocenters. The summed E-state index contributed by atoms with van der Waals surface area (Å²) in [4.78, 5) is 36.9. The van der Waals surface area contributed by atoms with Crippen LogP contribution in [0.4, 0.5) is 5.69 Å². The van der Waals surface area contributed by atoms with Gasteiger partial charge in [-0.3, -0.25) is 14.4 Å². The Hall–Kier alpha value is -3.09. The number of ketones is 1. The molecule has 1 aromatic heterocycles. The third-order valence-corrected chi connectivity index (χ3v) is 5.23. The SMILES string of the molecule is Cc1cc(C(=O)COC(=O)CC2Oc3ccccc3NC2=O)c(C)n1CCC(C)C. The van der Waals surface area contributed by atoms with Gasteiger partial charge in [-0.25, -0.2) is 0 Å². The largest absolute Gasteiger partial charge is 0.478 e. The maximum absolute atomic E-state index is 12.6. The molecule has 1 N–H and O–H groups in total. The Balaban J connectivity index is 1.56. The number of anilines is 1. The summed E-state index contributed by atoms with van der Waals surface area (Å²) >= 11 is 0. The summed E-state index contributed by atoms with van der Waals surface area (Å²) in [6.45, 7) is 8.67. The Bertz CT molecular complexity index is 960. The number of amides is 1. The molecular weight excluding hydrogens is 384 g/mol. The van der Waals surface area contributed by atoms with Gasteiger partial charge in [0.25, 0.3) is 5.91 Å². The highest BCUT2D eigenvalue weighted by atomic mass is 16.5. The highest BCUT2D eigenvalue weighted by Crippen LogP contribution is 2.29. The highest BCUT2D eigenvalue weighted by Gasteiger charge is 2.30. The number of ether oxygens (including phenoxy) is 2. The number of carbonyl (C=O) groups is 3. The lowest BCUT2D eigenvalue weighted by Crippen LogP contribution is -2.39. The van der Waals surface area contributed by atoms with Gasteiger partial charge >= 0.3 is 5.97 Å². The highest BCUT2D eigenvalue weighted by molar-refractivity contribution is 6.01. The molecule has 160 valence electrons. The summed E-state index contributed by atoms with van der Waals surface area (Å²) in [6, 6.07) is 8.83. The number of nitrogens with one attached hydrogen (secondary N) is 1. The lowest BCUT2D eigenvalue weighted by molar-refractivity contribution is -0.146. The fraction of sp³-hybridized carbons (Fsp3) is 0.435. The van der Waals surface area contributed by atoms with Crippen LogP contribution in [0, 0.1) is 19.8 Å². The average molecular weight is 412 g/mol. The molecule has 7 heteroatoms. The first-order valence-electron chi connectivity index (χ1n) is 10.2. The van der Waals surface area contributed by atoms with E-state index in [4.69, 9.17) is 9.47 Å². The zero-order valence-electron chi connectivity index (χ0n) is 17.9. The molecule has 0 spiro atoms. The Labute approximate surface area is 176 Å². The quantitative estimate of drug-likeness (QED) is 0.528. The van der Waals surface area contributed by atoms with Crippen molar-refractivity contribution >= 4 is 23.3 Å². The first-order valence-corrected chi connectivity index (χ1v) is 10.2. The van der Waals surface area contributed by atoms with Crippen LogP contribution in [-0.2, 0) is 20.9 Å². The molecule has 7 nitrogen and oxygen atoms in total. The summed E-state index contributed by atoms with van der Waals surface area (Å²) in [5.74, 6) is -0.258. The number of aryl methyl sites for hydroxylation is 1. The molecule has 0 aliphatic carbocycles. The molecule has 1 aliphatic rings. The fourth-order valence-corrected chi connectivity index (χ4v) is 3.48. The van der Waals surface area contributed by atoms with Crippen LogP contribution in [0.2, 0.25) is 0 Å². The molecule has 30 heavy (non-hydrogen) atoms. The minimum Gasteiger partial charge on any atom is -0.478 e. The monoisotopic (exact) mass is 412 g/mol. The van der Waals surface area contributed by atoms with Crippen LogP contribution in [0.25, 0.3) is 0 Å². The number of esters is 1. The van der Waals surface area contributed by atoms with Crippen LogP contribution >= 0.6 is 0 Å². The number of para-hydroxylation sites is 2. The standard InChI is InChI=1S/C23H28N2O5/c1-14(2)9-10-25-15(3)11-17(16(25)4)19(26)13-29-22(27)12-21-23(28)24-18-7-5-6-8-20(18)30-21/h5-8,11,14,21H,9-10,12-13H2,1-4H3,(H,24,28). The second-order valence-electron chi connectivity index (χ2n) is 8.00. The zero-order valence-corrected chi connectivity index (χ0v) is 17.9. The number of nitrogens with zero attached hydrogens (tertiary/aromatic N) is 1. The molecule has 2 heterocycles. The zero-order chi connectivity index (χ0) is 21.8. The molecule has 0 fully saturated rings. The van der Waals surface area contributed by atoms with Crippen molar-refractivity contribution in [1.29, 1.82) is 0 Å². The van der Waals surface area contributed by atoms with Crippen LogP contribution in [-0.4, -0.2) is 34.9 Å². The normalized spacial score (nSPS) is 15.4. The Kier molecular flexibility index (Phi) is 6.59. The van der Waals surface area contributed by atoms with Crippen molar-refractivity contribution in [3.8, 4) is 5.75 Å². The van der Waals surface area contributed by atoms with Crippen LogP contribution in [0.5, 0.6) is 5.75 Å². The fourth-order valence-electron chi connectivity index (χ4n) is 3.48. The van der Waals surface area contributed by atoms with Crippen molar-refractivity contribution in [2.75, 3.05) is 11.9 Å². The Morgan fingerprint density at radius 2 is 1.97 bits per heavy atom. The van der Waals surface area contributed by atoms with Gasteiger partial charge in [-0.1, -0.05) is 26.0 Å². The predicted octanol–water partition coefficient (Wildman–Crippen LogP) is 3.67. The van der Waals surface area contributed by atoms with E-state index >= 15 is 0 Å². The van der Waals surface area contributed by atoms with E-state index in [1.54, 1.807) is 24.3 Å². The number of carbonyl (C=O) groups excluding carboxylic acids is 3. The number of hydrogen-bond donors (Lipinski definition) is 1. The van der Waals surface area contributed by atoms with Gasteiger partial charge < -0.3 is 19.4 Å². The number of rotatable bonds is 8. The maximum atomic E-state index is 12.6. The number of fused-ring (bicyclic) bond motifs is 1. The van der Waals surface area contributed by atoms with E-state index in [9.17, 15) is 14.4 Å². The van der Waals surface area contributed by atoms with Crippen molar-refractivity contribution in [1.82, 2.24) is 4.57 Å². The molecule has 0 bridgehead atoms. The molecule has 0 radical (unpaired) electrons. The van der Waals surface area contributed by atoms with Gasteiger partial charge in [-0.15, -0.1) is 0 Å². The Morgan fingerprint density at radius 3 is 2.70 bits per heavy atom. The summed E-state index contributed by atoms with van der Waals surface area (Å²) in [5, 5.41) is 2.70. The van der Waals surface area contributed by atoms with Gasteiger partial charge in [0.05, 0.1) is 12.1 Å². The summed E-state index contributed by atoms with van der Waals surface area (Å²) in [5.41, 5.74) is 3.01. The molecule has 3 rings (SSSR count). The molecule has 0 saturated carbocycles. The van der Waals surface area contributed by atoms with Gasteiger partial charge in [-0.2, -0.15) is 0 Å². The number of hydrogen-bond acceptors (Lipinski definition) is 5. The molecule has 1 amide bonds. The minimum absolute atomic E-state index is 0.258. The van der Waals surface area contributed by atoms with Crippen molar-refractivity contribution in [3.05, 3.63) is 47.3 Å². The lowest BCUT2D eigenvalue weighted by Gasteiger charge is -2.25. The average Bonchev–Trinajstić information content (AvgIpc) is 2.98. The van der Waals surface area contributed by atoms with Gasteiger partial charge in [0, 0.05) is 23.5 Å². The van der Waals surface area contributed by atoms with E-state index in [0.717, 1.165) is 24.4 Å². The Morgan fingerprint density at radius 1 is 1.23 bits per heavy atom. The summed E-state index contributed by atoms with van der Waals surface area (Å²) in [6.07, 6.45) is -0.226. The number of aromatic nitrogens is 1. The molecule has 2 aromatic rings. The third kappa shape index (κ3) is 4.90. The first kappa shape index (κ1) is 21.6. The minimum atomic E-state index is -0.983. The van der Waals surface area contributed by atoms with Crippen molar-refractivity contribution in [2.45, 2.75) is 53.2 Å². The van der Waals surface area contributed by atoms with Gasteiger partial charge in [-0.05, 0) is 44.4 Å². The van der Waals surface area contributed by atoms with Crippen LogP contribution < -0.4 is 10.1 Å². The molecule has 1 aliphatic heterocycles. The van der Waals surface area contributed by atoms with Gasteiger partial charge in [0.2, 0.25) is 5.78 Å². The van der Waals surface area contributed by atoms with E-state index in [1.165, 1.54) is 0 Å². The summed E-state index contributed by atoms with van der Waals surface area (Å²) < 4.78 is 12.8. The van der Waals surface area contributed by atoms with Crippen molar-refractivity contribution in [2.24, 2.45) is 5.92 Å². The predicted molar refractivity (Wildman–Crippen MR) is 113 cm³/mol. The molecule has 1 unspecified atom stereocenters. The maximum Gasteiger partial charge on any atom is 0.310 e. The van der Waals surface area contributed by atoms with Crippen molar-refractivity contribution < 1.29 is 23.9 Å². The number of Topliss-reactive ketones (excluding diaryl/α,β-unsaturated/α-hetero) is 1. The second kappa shape index (κ2) is 9.15. The molecular formula is C23H28N2O5. The third-order valence-electron chi connectivity index (χ3n) is 5.23. The lowest BCUT2D eigenvalue weighted by atomic mass is 10.1. The number of benzene rings is 1. The van der Waals surface area contributed by atoms with E-state index in [-0.39, 0.29) is 18.8 Å². The van der Waals surface area contributed by atoms with Gasteiger partial charge in [0.15, 0.2) is 12.7 Å². The summed E-state index contributed by atoms with van der Waals surface area (Å²) in [7, 11) is 0. The second-order valence-corrected chi connectivity index (χ2v) is 8.00. The van der Waals surface area contributed by atoms with Crippen LogP contribution in [0.3, 0.4) is 0 Å². The van der Waals surface area contributed by atoms with Crippen LogP contribution in [0.15, 0.2) is 30.3 Å². The molecule has 0 saturated heterocycles. The van der Waals surface area contributed by atoms with E-state index in [1.807, 2.05) is 19.9 Å². The van der Waals surface area contributed by atoms with E-state index in [0.29, 0.717) is 22.9 Å². The van der Waals surface area contributed by atoms with Crippen LogP contribution in [0.1, 0.15) is 48.4 Å².